The minimum Gasteiger partial charge on any atom is -0.484 e. The van der Waals surface area contributed by atoms with Crippen LogP contribution in [0.25, 0.3) is 0 Å². The lowest BCUT2D eigenvalue weighted by atomic mass is 10.1. The zero-order chi connectivity index (χ0) is 15.4. The summed E-state index contributed by atoms with van der Waals surface area (Å²) < 4.78 is 5.48. The minimum absolute atomic E-state index is 0.123. The maximum Gasteiger partial charge on any atom is 0.323 e. The van der Waals surface area contributed by atoms with Crippen molar-refractivity contribution in [3.8, 4) is 5.75 Å². The van der Waals surface area contributed by atoms with Crippen molar-refractivity contribution in [2.24, 2.45) is 5.92 Å². The monoisotopic (exact) mass is 291 g/mol. The molecule has 1 amide bonds. The van der Waals surface area contributed by atoms with Gasteiger partial charge >= 0.3 is 5.97 Å². The van der Waals surface area contributed by atoms with E-state index in [9.17, 15) is 9.59 Å². The van der Waals surface area contributed by atoms with Crippen molar-refractivity contribution in [1.29, 1.82) is 0 Å². The van der Waals surface area contributed by atoms with E-state index in [1.165, 1.54) is 4.90 Å². The van der Waals surface area contributed by atoms with E-state index >= 15 is 0 Å². The van der Waals surface area contributed by atoms with Gasteiger partial charge in [-0.2, -0.15) is 0 Å². The Morgan fingerprint density at radius 3 is 2.57 bits per heavy atom. The standard InChI is InChI=1S/C16H21NO4/c1-11-3-6-14(7-12(11)2)21-10-15(18)17(9-16(19)20)8-13-4-5-13/h3,6-7,13H,4-5,8-10H2,1-2H3,(H,19,20). The quantitative estimate of drug-likeness (QED) is 0.834. The molecule has 1 fully saturated rings. The van der Waals surface area contributed by atoms with Crippen LogP contribution >= 0.6 is 0 Å². The van der Waals surface area contributed by atoms with Gasteiger partial charge in [0.15, 0.2) is 6.61 Å². The van der Waals surface area contributed by atoms with E-state index in [-0.39, 0.29) is 19.1 Å². The third-order valence-corrected chi connectivity index (χ3v) is 3.70. The van der Waals surface area contributed by atoms with Crippen LogP contribution < -0.4 is 4.74 Å². The van der Waals surface area contributed by atoms with E-state index in [1.54, 1.807) is 0 Å². The highest BCUT2D eigenvalue weighted by Crippen LogP contribution is 2.29. The van der Waals surface area contributed by atoms with Crippen LogP contribution in [-0.2, 0) is 9.59 Å². The Balaban J connectivity index is 1.90. The summed E-state index contributed by atoms with van der Waals surface area (Å²) in [5, 5.41) is 8.88. The first-order chi connectivity index (χ1) is 9.95. The normalized spacial score (nSPS) is 13.8. The second-order valence-electron chi connectivity index (χ2n) is 5.65. The second kappa shape index (κ2) is 6.61. The number of aryl methyl sites for hydroxylation is 2. The zero-order valence-corrected chi connectivity index (χ0v) is 12.5. The topological polar surface area (TPSA) is 66.8 Å². The number of carboxylic acids is 1. The molecule has 0 aromatic heterocycles. The first kappa shape index (κ1) is 15.4. The van der Waals surface area contributed by atoms with Crippen molar-refractivity contribution in [1.82, 2.24) is 4.90 Å². The molecule has 0 heterocycles. The molecule has 114 valence electrons. The van der Waals surface area contributed by atoms with Gasteiger partial charge in [-0.15, -0.1) is 0 Å². The van der Waals surface area contributed by atoms with E-state index in [0.29, 0.717) is 18.2 Å². The molecule has 0 bridgehead atoms. The summed E-state index contributed by atoms with van der Waals surface area (Å²) in [5.74, 6) is -0.180. The summed E-state index contributed by atoms with van der Waals surface area (Å²) in [6.45, 7) is 4.12. The van der Waals surface area contributed by atoms with Crippen molar-refractivity contribution in [2.45, 2.75) is 26.7 Å². The highest BCUT2D eigenvalue weighted by atomic mass is 16.5. The molecule has 1 N–H and O–H groups in total. The van der Waals surface area contributed by atoms with Crippen molar-refractivity contribution < 1.29 is 19.4 Å². The number of aliphatic carboxylic acids is 1. The summed E-state index contributed by atoms with van der Waals surface area (Å²) in [6.07, 6.45) is 2.14. The number of carbonyl (C=O) groups excluding carboxylic acids is 1. The maximum absolute atomic E-state index is 12.1. The van der Waals surface area contributed by atoms with Crippen molar-refractivity contribution in [2.75, 3.05) is 19.7 Å². The third-order valence-electron chi connectivity index (χ3n) is 3.70. The van der Waals surface area contributed by atoms with Crippen molar-refractivity contribution in [3.63, 3.8) is 0 Å². The second-order valence-corrected chi connectivity index (χ2v) is 5.65. The van der Waals surface area contributed by atoms with Gasteiger partial charge in [-0.25, -0.2) is 0 Å². The fourth-order valence-electron chi connectivity index (χ4n) is 2.07. The number of ether oxygens (including phenoxy) is 1. The average molecular weight is 291 g/mol. The molecule has 2 rings (SSSR count). The molecule has 1 aliphatic carbocycles. The predicted molar refractivity (Wildman–Crippen MR) is 78.4 cm³/mol. The molecule has 0 spiro atoms. The Morgan fingerprint density at radius 2 is 2.00 bits per heavy atom. The van der Waals surface area contributed by atoms with Gasteiger partial charge in [0.2, 0.25) is 0 Å². The van der Waals surface area contributed by atoms with Crippen LogP contribution in [-0.4, -0.2) is 41.6 Å². The number of rotatable bonds is 7. The summed E-state index contributed by atoms with van der Waals surface area (Å²) >= 11 is 0. The van der Waals surface area contributed by atoms with Crippen LogP contribution in [0.4, 0.5) is 0 Å². The van der Waals surface area contributed by atoms with E-state index in [2.05, 4.69) is 0 Å². The number of hydrogen-bond donors (Lipinski definition) is 1. The molecule has 0 aliphatic heterocycles. The molecule has 0 saturated heterocycles. The molecule has 1 aromatic carbocycles. The first-order valence-corrected chi connectivity index (χ1v) is 7.15. The van der Waals surface area contributed by atoms with Gasteiger partial charge < -0.3 is 14.7 Å². The largest absolute Gasteiger partial charge is 0.484 e. The Bertz CT molecular complexity index is 537. The average Bonchev–Trinajstić information content (AvgIpc) is 3.22. The summed E-state index contributed by atoms with van der Waals surface area (Å²) in [6, 6.07) is 5.64. The maximum atomic E-state index is 12.1. The van der Waals surface area contributed by atoms with Gasteiger partial charge in [-0.1, -0.05) is 6.07 Å². The molecular formula is C16H21NO4. The number of amides is 1. The van der Waals surface area contributed by atoms with Gasteiger partial charge in [-0.05, 0) is 55.9 Å². The Kier molecular flexibility index (Phi) is 4.83. The van der Waals surface area contributed by atoms with Crippen LogP contribution in [0.5, 0.6) is 5.75 Å². The lowest BCUT2D eigenvalue weighted by molar-refractivity contribution is -0.145. The fourth-order valence-corrected chi connectivity index (χ4v) is 2.07. The molecule has 21 heavy (non-hydrogen) atoms. The van der Waals surface area contributed by atoms with Gasteiger partial charge in [0.05, 0.1) is 0 Å². The molecule has 0 atom stereocenters. The molecule has 0 unspecified atom stereocenters. The van der Waals surface area contributed by atoms with E-state index < -0.39 is 5.97 Å². The fraction of sp³-hybridized carbons (Fsp3) is 0.500. The van der Waals surface area contributed by atoms with Gasteiger partial charge in [0, 0.05) is 6.54 Å². The molecular weight excluding hydrogens is 270 g/mol. The SMILES string of the molecule is Cc1ccc(OCC(=O)N(CC(=O)O)CC2CC2)cc1C. The van der Waals surface area contributed by atoms with Gasteiger partial charge in [0.25, 0.3) is 5.91 Å². The number of carbonyl (C=O) groups is 2. The lowest BCUT2D eigenvalue weighted by Crippen LogP contribution is -2.40. The number of benzene rings is 1. The minimum atomic E-state index is -0.991. The summed E-state index contributed by atoms with van der Waals surface area (Å²) in [4.78, 5) is 24.3. The number of hydrogen-bond acceptors (Lipinski definition) is 3. The molecule has 0 radical (unpaired) electrons. The zero-order valence-electron chi connectivity index (χ0n) is 12.5. The van der Waals surface area contributed by atoms with Gasteiger partial charge in [0.1, 0.15) is 12.3 Å². The predicted octanol–water partition coefficient (Wildman–Crippen LogP) is 2.01. The number of nitrogens with zero attached hydrogens (tertiary/aromatic N) is 1. The summed E-state index contributed by atoms with van der Waals surface area (Å²) in [5.41, 5.74) is 2.26. The Hall–Kier alpha value is -2.04. The summed E-state index contributed by atoms with van der Waals surface area (Å²) in [7, 11) is 0. The van der Waals surface area contributed by atoms with E-state index in [0.717, 1.165) is 24.0 Å². The molecule has 5 nitrogen and oxygen atoms in total. The van der Waals surface area contributed by atoms with Crippen molar-refractivity contribution in [3.05, 3.63) is 29.3 Å². The van der Waals surface area contributed by atoms with Crippen LogP contribution in [0.15, 0.2) is 18.2 Å². The molecule has 1 saturated carbocycles. The molecule has 5 heteroatoms. The highest BCUT2D eigenvalue weighted by molar-refractivity contribution is 5.82. The van der Waals surface area contributed by atoms with E-state index in [1.807, 2.05) is 32.0 Å². The van der Waals surface area contributed by atoms with Crippen LogP contribution in [0, 0.1) is 19.8 Å². The Morgan fingerprint density at radius 1 is 1.29 bits per heavy atom. The third kappa shape index (κ3) is 4.77. The Labute approximate surface area is 124 Å². The highest BCUT2D eigenvalue weighted by Gasteiger charge is 2.28. The van der Waals surface area contributed by atoms with Crippen LogP contribution in [0.3, 0.4) is 0 Å². The van der Waals surface area contributed by atoms with E-state index in [4.69, 9.17) is 9.84 Å². The molecule has 1 aliphatic rings. The van der Waals surface area contributed by atoms with Crippen molar-refractivity contribution >= 4 is 11.9 Å². The van der Waals surface area contributed by atoms with Gasteiger partial charge in [-0.3, -0.25) is 9.59 Å². The first-order valence-electron chi connectivity index (χ1n) is 7.15. The van der Waals surface area contributed by atoms with Crippen LogP contribution in [0.1, 0.15) is 24.0 Å². The number of carboxylic acid groups (broad SMARTS) is 1. The van der Waals surface area contributed by atoms with Crippen LogP contribution in [0.2, 0.25) is 0 Å². The molecule has 1 aromatic rings. The smallest absolute Gasteiger partial charge is 0.323 e. The lowest BCUT2D eigenvalue weighted by Gasteiger charge is -2.20.